The summed E-state index contributed by atoms with van der Waals surface area (Å²) in [5.74, 6) is -1.19. The highest BCUT2D eigenvalue weighted by molar-refractivity contribution is 6.30. The number of aryl methyl sites for hydroxylation is 3. The second-order valence-corrected chi connectivity index (χ2v) is 6.85. The van der Waals surface area contributed by atoms with Crippen molar-refractivity contribution in [1.82, 2.24) is 0 Å². The number of rotatable bonds is 7. The Morgan fingerprint density at radius 3 is 2.15 bits per heavy atom. The zero-order valence-corrected chi connectivity index (χ0v) is 16.4. The van der Waals surface area contributed by atoms with E-state index in [-0.39, 0.29) is 25.2 Å². The summed E-state index contributed by atoms with van der Waals surface area (Å²) in [4.78, 5) is 35.8. The first-order valence-corrected chi connectivity index (χ1v) is 8.96. The van der Waals surface area contributed by atoms with Crippen LogP contribution in [-0.4, -0.2) is 24.3 Å². The molecule has 1 N–H and O–H groups in total. The van der Waals surface area contributed by atoms with E-state index in [9.17, 15) is 14.4 Å². The van der Waals surface area contributed by atoms with Crippen LogP contribution in [0.25, 0.3) is 0 Å². The molecule has 0 fully saturated rings. The first-order valence-electron chi connectivity index (χ1n) is 8.58. The van der Waals surface area contributed by atoms with Crippen LogP contribution < -0.4 is 5.32 Å². The maximum absolute atomic E-state index is 12.0. The van der Waals surface area contributed by atoms with E-state index >= 15 is 0 Å². The first-order chi connectivity index (χ1) is 12.8. The van der Waals surface area contributed by atoms with Crippen molar-refractivity contribution in [1.29, 1.82) is 0 Å². The van der Waals surface area contributed by atoms with Crippen LogP contribution in [-0.2, 0) is 14.3 Å². The predicted molar refractivity (Wildman–Crippen MR) is 105 cm³/mol. The number of halogens is 1. The maximum Gasteiger partial charge on any atom is 0.306 e. The summed E-state index contributed by atoms with van der Waals surface area (Å²) < 4.78 is 4.96. The second-order valence-electron chi connectivity index (χ2n) is 6.41. The lowest BCUT2D eigenvalue weighted by atomic mass is 10.1. The largest absolute Gasteiger partial charge is 0.456 e. The molecule has 0 atom stereocenters. The summed E-state index contributed by atoms with van der Waals surface area (Å²) in [5, 5.41) is 3.30. The molecule has 0 bridgehead atoms. The van der Waals surface area contributed by atoms with Crippen molar-refractivity contribution >= 4 is 34.9 Å². The molecule has 0 aromatic heterocycles. The molecule has 27 heavy (non-hydrogen) atoms. The number of ether oxygens (including phenoxy) is 1. The Kier molecular flexibility index (Phi) is 7.13. The fourth-order valence-corrected chi connectivity index (χ4v) is 2.89. The van der Waals surface area contributed by atoms with Gasteiger partial charge in [0.1, 0.15) is 0 Å². The third-order valence-corrected chi connectivity index (χ3v) is 4.28. The quantitative estimate of drug-likeness (QED) is 0.564. The van der Waals surface area contributed by atoms with Crippen molar-refractivity contribution in [2.45, 2.75) is 33.6 Å². The molecule has 0 unspecified atom stereocenters. The van der Waals surface area contributed by atoms with Crippen molar-refractivity contribution in [3.05, 3.63) is 63.7 Å². The number of benzene rings is 2. The molecule has 1 amide bonds. The SMILES string of the molecule is Cc1cc(C)c(NC(=O)COC(=O)CCC(=O)c2ccc(Cl)cc2)c(C)c1. The molecule has 0 aliphatic rings. The van der Waals surface area contributed by atoms with E-state index in [0.717, 1.165) is 22.4 Å². The summed E-state index contributed by atoms with van der Waals surface area (Å²) in [5.41, 5.74) is 4.20. The number of carbonyl (C=O) groups excluding carboxylic acids is 3. The molecule has 0 saturated carbocycles. The Bertz CT molecular complexity index is 836. The van der Waals surface area contributed by atoms with Gasteiger partial charge in [0, 0.05) is 22.7 Å². The van der Waals surface area contributed by atoms with Gasteiger partial charge in [0.2, 0.25) is 0 Å². The molecule has 5 nitrogen and oxygen atoms in total. The van der Waals surface area contributed by atoms with E-state index < -0.39 is 11.9 Å². The topological polar surface area (TPSA) is 72.5 Å². The highest BCUT2D eigenvalue weighted by Gasteiger charge is 2.13. The minimum atomic E-state index is -0.593. The van der Waals surface area contributed by atoms with Gasteiger partial charge in [-0.2, -0.15) is 0 Å². The van der Waals surface area contributed by atoms with Gasteiger partial charge in [-0.15, -0.1) is 0 Å². The van der Waals surface area contributed by atoms with E-state index in [1.165, 1.54) is 0 Å². The van der Waals surface area contributed by atoms with Crippen LogP contribution in [0, 0.1) is 20.8 Å². The second kappa shape index (κ2) is 9.33. The van der Waals surface area contributed by atoms with Gasteiger partial charge in [-0.1, -0.05) is 29.3 Å². The van der Waals surface area contributed by atoms with Crippen molar-refractivity contribution in [3.8, 4) is 0 Å². The monoisotopic (exact) mass is 387 g/mol. The van der Waals surface area contributed by atoms with Crippen LogP contribution in [0.1, 0.15) is 39.9 Å². The molecule has 0 aliphatic heterocycles. The van der Waals surface area contributed by atoms with Crippen LogP contribution in [0.4, 0.5) is 5.69 Å². The Balaban J connectivity index is 1.79. The smallest absolute Gasteiger partial charge is 0.306 e. The normalized spacial score (nSPS) is 10.4. The van der Waals surface area contributed by atoms with Crippen LogP contribution in [0.3, 0.4) is 0 Å². The first kappa shape index (κ1) is 20.6. The van der Waals surface area contributed by atoms with Gasteiger partial charge in [0.15, 0.2) is 12.4 Å². The molecule has 2 aromatic carbocycles. The fraction of sp³-hybridized carbons (Fsp3) is 0.286. The highest BCUT2D eigenvalue weighted by Crippen LogP contribution is 2.21. The van der Waals surface area contributed by atoms with Crippen LogP contribution >= 0.6 is 11.6 Å². The Morgan fingerprint density at radius 2 is 1.56 bits per heavy atom. The maximum atomic E-state index is 12.0. The van der Waals surface area contributed by atoms with Gasteiger partial charge in [0.25, 0.3) is 5.91 Å². The predicted octanol–water partition coefficient (Wildman–Crippen LogP) is 4.41. The van der Waals surface area contributed by atoms with Crippen molar-refractivity contribution in [3.63, 3.8) is 0 Å². The van der Waals surface area contributed by atoms with Gasteiger partial charge in [-0.25, -0.2) is 0 Å². The summed E-state index contributed by atoms with van der Waals surface area (Å²) in [6, 6.07) is 10.4. The van der Waals surface area contributed by atoms with Gasteiger partial charge in [0.05, 0.1) is 6.42 Å². The summed E-state index contributed by atoms with van der Waals surface area (Å²) in [6.45, 7) is 5.41. The molecule has 0 radical (unpaired) electrons. The number of ketones is 1. The van der Waals surface area contributed by atoms with Gasteiger partial charge >= 0.3 is 5.97 Å². The van der Waals surface area contributed by atoms with Crippen molar-refractivity contribution in [2.24, 2.45) is 0 Å². The Labute approximate surface area is 163 Å². The van der Waals surface area contributed by atoms with Gasteiger partial charge < -0.3 is 10.1 Å². The minimum Gasteiger partial charge on any atom is -0.456 e. The fourth-order valence-electron chi connectivity index (χ4n) is 2.77. The molecule has 142 valence electrons. The van der Waals surface area contributed by atoms with Crippen molar-refractivity contribution < 1.29 is 19.1 Å². The third-order valence-electron chi connectivity index (χ3n) is 4.03. The molecular weight excluding hydrogens is 366 g/mol. The Hall–Kier alpha value is -2.66. The summed E-state index contributed by atoms with van der Waals surface area (Å²) in [6.07, 6.45) is -0.0738. The standard InChI is InChI=1S/C21H22ClNO4/c1-13-10-14(2)21(15(3)11-13)23-19(25)12-27-20(26)9-8-18(24)16-4-6-17(22)7-5-16/h4-7,10-11H,8-9,12H2,1-3H3,(H,23,25). The zero-order valence-electron chi connectivity index (χ0n) is 15.6. The van der Waals surface area contributed by atoms with E-state index in [2.05, 4.69) is 5.32 Å². The molecular formula is C21H22ClNO4. The lowest BCUT2D eigenvalue weighted by Crippen LogP contribution is -2.22. The average molecular weight is 388 g/mol. The third kappa shape index (κ3) is 6.22. The molecule has 0 spiro atoms. The number of esters is 1. The molecule has 0 aliphatic carbocycles. The average Bonchev–Trinajstić information content (AvgIpc) is 2.61. The lowest BCUT2D eigenvalue weighted by molar-refractivity contribution is -0.147. The van der Waals surface area contributed by atoms with E-state index in [4.69, 9.17) is 16.3 Å². The number of Topliss-reactive ketones (excluding diaryl/α,β-unsaturated/α-hetero) is 1. The van der Waals surface area contributed by atoms with Gasteiger partial charge in [-0.05, 0) is 56.2 Å². The number of anilines is 1. The van der Waals surface area contributed by atoms with E-state index in [0.29, 0.717) is 10.6 Å². The Morgan fingerprint density at radius 1 is 0.963 bits per heavy atom. The van der Waals surface area contributed by atoms with E-state index in [1.807, 2.05) is 32.9 Å². The molecule has 2 rings (SSSR count). The van der Waals surface area contributed by atoms with E-state index in [1.54, 1.807) is 24.3 Å². The number of nitrogens with one attached hydrogen (secondary N) is 1. The van der Waals surface area contributed by atoms with Crippen LogP contribution in [0.5, 0.6) is 0 Å². The zero-order chi connectivity index (χ0) is 20.0. The number of amides is 1. The summed E-state index contributed by atoms with van der Waals surface area (Å²) >= 11 is 5.78. The number of hydrogen-bond acceptors (Lipinski definition) is 4. The minimum absolute atomic E-state index is 0.0122. The highest BCUT2D eigenvalue weighted by atomic mass is 35.5. The lowest BCUT2D eigenvalue weighted by Gasteiger charge is -2.13. The van der Waals surface area contributed by atoms with Crippen molar-refractivity contribution in [2.75, 3.05) is 11.9 Å². The number of hydrogen-bond donors (Lipinski definition) is 1. The molecule has 0 saturated heterocycles. The van der Waals surface area contributed by atoms with Crippen LogP contribution in [0.15, 0.2) is 36.4 Å². The number of carbonyl (C=O) groups is 3. The molecule has 6 heteroatoms. The van der Waals surface area contributed by atoms with Gasteiger partial charge in [-0.3, -0.25) is 14.4 Å². The van der Waals surface area contributed by atoms with Crippen LogP contribution in [0.2, 0.25) is 5.02 Å². The summed E-state index contributed by atoms with van der Waals surface area (Å²) in [7, 11) is 0. The molecule has 0 heterocycles. The molecule has 2 aromatic rings.